The van der Waals surface area contributed by atoms with E-state index in [0.29, 0.717) is 0 Å². The van der Waals surface area contributed by atoms with Crippen molar-refractivity contribution in [3.63, 3.8) is 0 Å². The van der Waals surface area contributed by atoms with Crippen molar-refractivity contribution in [3.8, 4) is 0 Å². The van der Waals surface area contributed by atoms with Gasteiger partial charge in [0.1, 0.15) is 0 Å². The van der Waals surface area contributed by atoms with Crippen LogP contribution in [0.1, 0.15) is 0 Å². The molecule has 45 valence electrons. The normalized spacial score (nSPS) is 8.29. The molecule has 0 bridgehead atoms. The fraction of sp³-hybridized carbons (Fsp3) is 0. The van der Waals surface area contributed by atoms with Crippen LogP contribution in [0.15, 0.2) is 0 Å². The summed E-state index contributed by atoms with van der Waals surface area (Å²) in [5, 5.41) is 0. The fourth-order valence-corrected chi connectivity index (χ4v) is 0. The van der Waals surface area contributed by atoms with Crippen LogP contribution in [0.4, 0.5) is 8.59 Å². The summed E-state index contributed by atoms with van der Waals surface area (Å²) in [5.74, 6) is 0. The van der Waals surface area contributed by atoms with Crippen LogP contribution in [0.5, 0.6) is 0 Å². The number of rotatable bonds is 0. The van der Waals surface area contributed by atoms with Gasteiger partial charge in [0.2, 0.25) is 0 Å². The van der Waals surface area contributed by atoms with Crippen molar-refractivity contribution in [3.05, 3.63) is 0 Å². The van der Waals surface area contributed by atoms with E-state index >= 15 is 0 Å². The van der Waals surface area contributed by atoms with Gasteiger partial charge in [0.15, 0.2) is 0 Å². The van der Waals surface area contributed by atoms with Crippen LogP contribution >= 0.6 is 0 Å². The topological polar surface area (TPSA) is 54.4 Å². The molecular formula is H2F2NbO3S. The average molecular weight is 213 g/mol. The van der Waals surface area contributed by atoms with Crippen molar-refractivity contribution in [2.24, 2.45) is 0 Å². The van der Waals surface area contributed by atoms with Gasteiger partial charge in [0.25, 0.3) is 0 Å². The van der Waals surface area contributed by atoms with Crippen LogP contribution in [0.3, 0.4) is 0 Å². The Hall–Kier alpha value is 0.510. The molecule has 0 atom stereocenters. The smallest absolute Gasteiger partial charge is 0.269 e. The quantitative estimate of drug-likeness (QED) is 0.347. The molecule has 0 amide bonds. The van der Waals surface area contributed by atoms with E-state index in [-0.39, 0.29) is 27.1 Å². The summed E-state index contributed by atoms with van der Waals surface area (Å²) in [6.07, 6.45) is 0. The first-order valence-corrected chi connectivity index (χ1v) is 2.01. The van der Waals surface area contributed by atoms with Crippen LogP contribution in [-0.2, 0) is 32.9 Å². The molecule has 0 unspecified atom stereocenters. The van der Waals surface area contributed by atoms with Crippen LogP contribution in [0.25, 0.3) is 0 Å². The average Bonchev–Trinajstić information content (AvgIpc) is 0.722. The van der Waals surface area contributed by atoms with Crippen molar-refractivity contribution in [1.82, 2.24) is 0 Å². The molecule has 1 N–H and O–H groups in total. The molecule has 0 aliphatic carbocycles. The third-order valence-corrected chi connectivity index (χ3v) is 0. The molecule has 3 nitrogen and oxygen atoms in total. The van der Waals surface area contributed by atoms with Crippen molar-refractivity contribution >= 4 is 10.5 Å². The molecule has 7 heteroatoms. The van der Waals surface area contributed by atoms with Gasteiger partial charge in [-0.15, -0.1) is 0 Å². The monoisotopic (exact) mass is 213 g/mol. The van der Waals surface area contributed by atoms with E-state index in [2.05, 4.69) is 0 Å². The van der Waals surface area contributed by atoms with Crippen LogP contribution in [-0.4, -0.2) is 13.0 Å². The van der Waals surface area contributed by atoms with Gasteiger partial charge in [0, 0.05) is 22.4 Å². The van der Waals surface area contributed by atoms with Gasteiger partial charge in [-0.3, -0.25) is 9.26 Å². The molecule has 7 heavy (non-hydrogen) atoms. The minimum atomic E-state index is -5.17. The molecule has 0 heterocycles. The SMILES string of the molecule is F.O=S(=O)(O)F.[Nb]. The molecule has 1 radical (unpaired) electrons. The van der Waals surface area contributed by atoms with Crippen molar-refractivity contribution in [1.29, 1.82) is 0 Å². The maximum Gasteiger partial charge on any atom is 0.435 e. The Labute approximate surface area is 54.8 Å². The second-order valence-electron chi connectivity index (χ2n) is 0.412. The molecule has 0 aromatic rings. The first kappa shape index (κ1) is 15.6. The van der Waals surface area contributed by atoms with Gasteiger partial charge in [-0.1, -0.05) is 3.89 Å². The van der Waals surface area contributed by atoms with E-state index in [1.54, 1.807) is 0 Å². The molecule has 0 rings (SSSR count). The molecule has 0 spiro atoms. The van der Waals surface area contributed by atoms with E-state index in [4.69, 9.17) is 13.0 Å². The molecule has 0 fully saturated rings. The standard InChI is InChI=1S/FHO3S.FH.Nb/c1-5(2,3)4;;/h(H,2,3,4);1H;. The Kier molecular flexibility index (Phi) is 10.4. The minimum Gasteiger partial charge on any atom is -0.269 e. The summed E-state index contributed by atoms with van der Waals surface area (Å²) in [6.45, 7) is 0. The van der Waals surface area contributed by atoms with Gasteiger partial charge < -0.3 is 0 Å². The summed E-state index contributed by atoms with van der Waals surface area (Å²) in [7, 11) is -5.17. The molecule has 0 aromatic carbocycles. The van der Waals surface area contributed by atoms with Crippen LogP contribution in [0, 0.1) is 0 Å². The molecule has 0 aliphatic heterocycles. The zero-order valence-electron chi connectivity index (χ0n) is 2.91. The number of halogens is 2. The van der Waals surface area contributed by atoms with Gasteiger partial charge in [-0.05, 0) is 0 Å². The van der Waals surface area contributed by atoms with E-state index in [1.165, 1.54) is 0 Å². The molecule has 0 aliphatic rings. The summed E-state index contributed by atoms with van der Waals surface area (Å²) in [6, 6.07) is 0. The predicted molar refractivity (Wildman–Crippen MR) is 15.2 cm³/mol. The first-order valence-electron chi connectivity index (χ1n) is 0.670. The summed E-state index contributed by atoms with van der Waals surface area (Å²) >= 11 is 0. The third kappa shape index (κ3) is 509. The molecular weight excluding hydrogens is 211 g/mol. The Morgan fingerprint density at radius 1 is 1.43 bits per heavy atom. The fourth-order valence-electron chi connectivity index (χ4n) is 0. The van der Waals surface area contributed by atoms with E-state index in [1.807, 2.05) is 0 Å². The largest absolute Gasteiger partial charge is 0.435 e. The van der Waals surface area contributed by atoms with Crippen LogP contribution < -0.4 is 0 Å². The van der Waals surface area contributed by atoms with Crippen molar-refractivity contribution in [2.75, 3.05) is 0 Å². The zero-order chi connectivity index (χ0) is 4.50. The third-order valence-electron chi connectivity index (χ3n) is 0. The van der Waals surface area contributed by atoms with Crippen molar-refractivity contribution < 1.29 is 43.9 Å². The summed E-state index contributed by atoms with van der Waals surface area (Å²) < 4.78 is 34.1. The Morgan fingerprint density at radius 3 is 1.43 bits per heavy atom. The molecule has 0 saturated carbocycles. The van der Waals surface area contributed by atoms with Gasteiger partial charge in [-0.25, -0.2) is 0 Å². The minimum absolute atomic E-state index is 0. The first-order chi connectivity index (χ1) is 2.00. The van der Waals surface area contributed by atoms with Gasteiger partial charge in [-0.2, -0.15) is 8.42 Å². The summed E-state index contributed by atoms with van der Waals surface area (Å²) in [4.78, 5) is 0. The summed E-state index contributed by atoms with van der Waals surface area (Å²) in [5.41, 5.74) is 0. The van der Waals surface area contributed by atoms with Gasteiger partial charge in [0.05, 0.1) is 0 Å². The second-order valence-corrected chi connectivity index (χ2v) is 1.24. The molecule has 0 saturated heterocycles. The Bertz CT molecular complexity index is 96.1. The predicted octanol–water partition coefficient (Wildman–Crippen LogP) is -0.0913. The van der Waals surface area contributed by atoms with Crippen LogP contribution in [0.2, 0.25) is 0 Å². The zero-order valence-corrected chi connectivity index (χ0v) is 5.92. The van der Waals surface area contributed by atoms with E-state index < -0.39 is 10.5 Å². The maximum absolute atomic E-state index is 10.2. The van der Waals surface area contributed by atoms with E-state index in [9.17, 15) is 3.89 Å². The van der Waals surface area contributed by atoms with E-state index in [0.717, 1.165) is 0 Å². The van der Waals surface area contributed by atoms with Crippen molar-refractivity contribution in [2.45, 2.75) is 0 Å². The second kappa shape index (κ2) is 4.66. The Balaban J connectivity index is -0.0000000800. The molecule has 0 aromatic heterocycles. The number of hydrogen-bond donors (Lipinski definition) is 1. The maximum atomic E-state index is 10.2. The number of hydrogen-bond acceptors (Lipinski definition) is 2. The van der Waals surface area contributed by atoms with Gasteiger partial charge >= 0.3 is 10.5 Å². The Morgan fingerprint density at radius 2 is 1.43 bits per heavy atom.